The van der Waals surface area contributed by atoms with E-state index in [1.807, 2.05) is 24.3 Å². The molecule has 3 fully saturated rings. The summed E-state index contributed by atoms with van der Waals surface area (Å²) in [5.74, 6) is 3.19. The van der Waals surface area contributed by atoms with Gasteiger partial charge in [-0.25, -0.2) is 14.4 Å². The molecule has 0 aromatic heterocycles. The SMILES string of the molecule is CCCCC[C@H]1CC[C@H](c2ccc(OC(=O)c3ccc(OCCCCCCOC(C=O)CC(=O)OCCCCCCOc4ccc(OCCCCCCOC(=O)CC(C=O)OCCCCCCOc5ccc(C(=O)Oc6ccc([C@H]7CC[C@H](CCCCC)CC7)cc6)cc5)c(C(=O)O)c4CCCCCCOC4CCCCO4)cc3)cc2)CC1. The molecule has 0 radical (unpaired) electrons. The predicted molar refractivity (Wildman–Crippen MR) is 457 cm³/mol. The van der Waals surface area contributed by atoms with E-state index in [0.717, 1.165) is 140 Å². The number of carboxylic acid groups (broad SMARTS) is 1. The van der Waals surface area contributed by atoms with Crippen LogP contribution < -0.4 is 28.4 Å². The molecule has 2 saturated carbocycles. The summed E-state index contributed by atoms with van der Waals surface area (Å²) < 4.78 is 69.7. The van der Waals surface area contributed by atoms with Crippen LogP contribution in [0, 0.1) is 11.8 Å². The van der Waals surface area contributed by atoms with Crippen LogP contribution in [0.5, 0.6) is 34.5 Å². The van der Waals surface area contributed by atoms with Crippen molar-refractivity contribution in [2.75, 3.05) is 66.1 Å². The second-order valence-electron chi connectivity index (χ2n) is 32.4. The van der Waals surface area contributed by atoms with E-state index < -0.39 is 42.1 Å². The highest BCUT2D eigenvalue weighted by atomic mass is 16.7. The number of ether oxygens (including phenoxy) is 12. The van der Waals surface area contributed by atoms with Gasteiger partial charge >= 0.3 is 29.8 Å². The van der Waals surface area contributed by atoms with E-state index in [1.165, 1.54) is 114 Å². The van der Waals surface area contributed by atoms with Crippen LogP contribution in [-0.4, -0.2) is 132 Å². The van der Waals surface area contributed by atoms with Crippen molar-refractivity contribution >= 4 is 42.4 Å². The third-order valence-electron chi connectivity index (χ3n) is 23.1. The molecule has 3 aliphatic rings. The quantitative estimate of drug-likeness (QED) is 0.0164. The summed E-state index contributed by atoms with van der Waals surface area (Å²) in [5.41, 5.74) is 4.25. The van der Waals surface area contributed by atoms with Crippen molar-refractivity contribution in [3.05, 3.63) is 143 Å². The fraction of sp³-hybridized carbons (Fsp3) is 0.622. The molecule has 1 aliphatic heterocycles. The summed E-state index contributed by atoms with van der Waals surface area (Å²) in [6.07, 6.45) is 39.0. The van der Waals surface area contributed by atoms with Crippen molar-refractivity contribution in [3.8, 4) is 34.5 Å². The van der Waals surface area contributed by atoms with Crippen molar-refractivity contribution in [2.24, 2.45) is 11.8 Å². The molecule has 118 heavy (non-hydrogen) atoms. The Balaban J connectivity index is 0.625. The van der Waals surface area contributed by atoms with E-state index in [0.29, 0.717) is 148 Å². The third kappa shape index (κ3) is 37.6. The number of esters is 4. The zero-order valence-electron chi connectivity index (χ0n) is 71.1. The van der Waals surface area contributed by atoms with Gasteiger partial charge in [-0.3, -0.25) is 9.59 Å². The van der Waals surface area contributed by atoms with E-state index in [1.54, 1.807) is 60.7 Å². The number of benzene rings is 5. The van der Waals surface area contributed by atoms with Crippen LogP contribution in [0.1, 0.15) is 337 Å². The molecule has 5 aromatic carbocycles. The molecule has 20 heteroatoms. The minimum Gasteiger partial charge on any atom is -0.494 e. The van der Waals surface area contributed by atoms with Crippen molar-refractivity contribution in [3.63, 3.8) is 0 Å². The lowest BCUT2D eigenvalue weighted by Crippen LogP contribution is -2.22. The highest BCUT2D eigenvalue weighted by Gasteiger charge is 2.27. The van der Waals surface area contributed by atoms with Crippen molar-refractivity contribution < 1.29 is 95.5 Å². The predicted octanol–water partition coefficient (Wildman–Crippen LogP) is 22.4. The van der Waals surface area contributed by atoms with Crippen LogP contribution in [-0.2, 0) is 54.0 Å². The maximum Gasteiger partial charge on any atom is 0.343 e. The molecule has 8 rings (SSSR count). The van der Waals surface area contributed by atoms with Crippen LogP contribution >= 0.6 is 0 Å². The van der Waals surface area contributed by atoms with E-state index in [9.17, 15) is 38.7 Å². The Morgan fingerprint density at radius 3 is 1.20 bits per heavy atom. The minimum atomic E-state index is -1.09. The summed E-state index contributed by atoms with van der Waals surface area (Å²) in [4.78, 5) is 87.8. The first kappa shape index (κ1) is 95.3. The Labute approximate surface area is 703 Å². The number of rotatable bonds is 63. The smallest absolute Gasteiger partial charge is 0.343 e. The van der Waals surface area contributed by atoms with E-state index >= 15 is 0 Å². The molecular weight excluding hydrogens is 1500 g/mol. The maximum atomic E-state index is 13.0. The van der Waals surface area contributed by atoms with Gasteiger partial charge in [-0.05, 0) is 300 Å². The van der Waals surface area contributed by atoms with E-state index in [4.69, 9.17) is 56.8 Å². The standard InChI is InChI=1S/C98H138O20/c1-3-5-17-31-75-35-39-77(40-36-75)79-43-55-85(56-44-79)117-97(105)81-47-51-83(52-48-81)107-61-21-9-11-23-63-109-87(73-99)71-92(101)113-67-27-15-13-25-65-111-90-59-60-91(95(96(103)104)89(90)33-19-7-8-29-69-115-94-34-20-30-70-116-94)112-66-26-14-16-28-68-114-93(102)72-88(74-100)110-64-24-12-10-22-62-108-84-53-49-82(50-54-84)98(106)118-86-57-45-80(46-58-86)78-41-37-76(38-42-78)32-18-6-4-2/h43-60,73-78,87-88,94H,3-42,61-72H2,1-2H3,(H,103,104)/t75-,76-,77-,78-,87?,88?,94?. The Hall–Kier alpha value is -8.17. The van der Waals surface area contributed by atoms with Gasteiger partial charge in [0, 0.05) is 32.0 Å². The lowest BCUT2D eigenvalue weighted by molar-refractivity contribution is -0.162. The maximum absolute atomic E-state index is 13.0. The summed E-state index contributed by atoms with van der Waals surface area (Å²) in [6.45, 7) is 8.63. The first-order valence-electron chi connectivity index (χ1n) is 45.3. The first-order valence-corrected chi connectivity index (χ1v) is 45.3. The zero-order chi connectivity index (χ0) is 83.3. The molecule has 0 amide bonds. The number of carboxylic acids is 1. The monoisotopic (exact) mass is 1630 g/mol. The molecule has 0 bridgehead atoms. The largest absolute Gasteiger partial charge is 0.494 e. The van der Waals surface area contributed by atoms with Crippen LogP contribution in [0.25, 0.3) is 0 Å². The third-order valence-corrected chi connectivity index (χ3v) is 23.1. The molecule has 1 saturated heterocycles. The molecule has 1 heterocycles. The molecule has 3 unspecified atom stereocenters. The van der Waals surface area contributed by atoms with Gasteiger partial charge in [-0.15, -0.1) is 0 Å². The van der Waals surface area contributed by atoms with Crippen molar-refractivity contribution in [1.29, 1.82) is 0 Å². The fourth-order valence-corrected chi connectivity index (χ4v) is 16.0. The highest BCUT2D eigenvalue weighted by molar-refractivity contribution is 5.94. The van der Waals surface area contributed by atoms with E-state index in [-0.39, 0.29) is 43.7 Å². The molecule has 20 nitrogen and oxygen atoms in total. The normalized spacial score (nSPS) is 17.2. The summed E-state index contributed by atoms with van der Waals surface area (Å²) >= 11 is 0. The average molecular weight is 1640 g/mol. The molecular formula is C98H138O20. The number of carbonyl (C=O) groups is 7. The minimum absolute atomic E-state index is 0.0969. The Morgan fingerprint density at radius 2 is 0.788 bits per heavy atom. The van der Waals surface area contributed by atoms with Gasteiger partial charge in [0.1, 0.15) is 64.8 Å². The van der Waals surface area contributed by atoms with Gasteiger partial charge < -0.3 is 71.5 Å². The average Bonchev–Trinajstić information content (AvgIpc) is 0.805. The second kappa shape index (κ2) is 57.9. The van der Waals surface area contributed by atoms with Crippen LogP contribution in [0.4, 0.5) is 0 Å². The van der Waals surface area contributed by atoms with Gasteiger partial charge in [-0.1, -0.05) is 115 Å². The molecule has 5 aromatic rings. The number of aromatic carboxylic acids is 1. The van der Waals surface area contributed by atoms with Crippen molar-refractivity contribution in [1.82, 2.24) is 0 Å². The number of unbranched alkanes of at least 4 members (excludes halogenated alkanes) is 19. The molecule has 1 N–H and O–H groups in total. The van der Waals surface area contributed by atoms with Gasteiger partial charge in [0.2, 0.25) is 0 Å². The van der Waals surface area contributed by atoms with Crippen LogP contribution in [0.15, 0.2) is 109 Å². The second-order valence-corrected chi connectivity index (χ2v) is 32.4. The van der Waals surface area contributed by atoms with Crippen LogP contribution in [0.2, 0.25) is 0 Å². The van der Waals surface area contributed by atoms with Gasteiger partial charge in [0.15, 0.2) is 6.29 Å². The van der Waals surface area contributed by atoms with Gasteiger partial charge in [0.25, 0.3) is 0 Å². The molecule has 3 atom stereocenters. The fourth-order valence-electron chi connectivity index (χ4n) is 16.0. The van der Waals surface area contributed by atoms with E-state index in [2.05, 4.69) is 38.1 Å². The summed E-state index contributed by atoms with van der Waals surface area (Å²) in [5, 5.41) is 10.6. The Bertz CT molecular complexity index is 3590. The number of carbonyl (C=O) groups excluding carboxylic acids is 6. The van der Waals surface area contributed by atoms with Gasteiger partial charge in [-0.2, -0.15) is 0 Å². The van der Waals surface area contributed by atoms with Gasteiger partial charge in [0.05, 0.1) is 63.6 Å². The molecule has 0 spiro atoms. The molecule has 650 valence electrons. The number of aldehydes is 2. The zero-order valence-corrected chi connectivity index (χ0v) is 71.1. The molecule has 2 aliphatic carbocycles. The lowest BCUT2D eigenvalue weighted by Gasteiger charge is -2.29. The van der Waals surface area contributed by atoms with Crippen molar-refractivity contribution in [2.45, 2.75) is 314 Å². The highest BCUT2D eigenvalue weighted by Crippen LogP contribution is 2.41. The Morgan fingerprint density at radius 1 is 0.398 bits per heavy atom. The topological polar surface area (TPSA) is 250 Å². The Kier molecular flexibility index (Phi) is 46.8. The first-order chi connectivity index (χ1) is 57.9. The lowest BCUT2D eigenvalue weighted by atomic mass is 9.77. The summed E-state index contributed by atoms with van der Waals surface area (Å²) in [6, 6.07) is 33.5. The number of hydrogen-bond acceptors (Lipinski definition) is 19. The summed E-state index contributed by atoms with van der Waals surface area (Å²) in [7, 11) is 0. The number of hydrogen-bond donors (Lipinski definition) is 1. The van der Waals surface area contributed by atoms with Crippen LogP contribution in [0.3, 0.4) is 0 Å².